The van der Waals surface area contributed by atoms with Crippen molar-refractivity contribution in [1.29, 1.82) is 0 Å². The van der Waals surface area contributed by atoms with E-state index in [1.165, 1.54) is 17.1 Å². The van der Waals surface area contributed by atoms with Crippen LogP contribution >= 0.6 is 11.8 Å². The lowest BCUT2D eigenvalue weighted by Crippen LogP contribution is -2.28. The summed E-state index contributed by atoms with van der Waals surface area (Å²) in [4.78, 5) is 25.6. The third-order valence-corrected chi connectivity index (χ3v) is 5.97. The van der Waals surface area contributed by atoms with Crippen LogP contribution in [0.25, 0.3) is 10.8 Å². The summed E-state index contributed by atoms with van der Waals surface area (Å²) in [6, 6.07) is 19.7. The Balaban J connectivity index is 1.53. The average Bonchev–Trinajstić information content (AvgIpc) is 2.68. The molecule has 1 heterocycles. The van der Waals surface area contributed by atoms with Crippen LogP contribution in [0.5, 0.6) is 0 Å². The third-order valence-electron chi connectivity index (χ3n) is 4.79. The molecule has 0 fully saturated rings. The molecule has 4 rings (SSSR count). The lowest BCUT2D eigenvalue weighted by molar-refractivity contribution is -0.115. The van der Waals surface area contributed by atoms with E-state index in [9.17, 15) is 9.59 Å². The molecule has 3 aromatic rings. The van der Waals surface area contributed by atoms with E-state index in [4.69, 9.17) is 0 Å². The first-order chi connectivity index (χ1) is 13.0. The molecule has 1 aliphatic rings. The van der Waals surface area contributed by atoms with Gasteiger partial charge in [0.05, 0.1) is 17.0 Å². The predicted octanol–water partition coefficient (Wildman–Crippen LogP) is 4.76. The van der Waals surface area contributed by atoms with Crippen molar-refractivity contribution in [3.8, 4) is 0 Å². The molecular formula is C22H20N2O2S. The molecule has 0 bridgehead atoms. The van der Waals surface area contributed by atoms with Gasteiger partial charge < -0.3 is 10.6 Å². The van der Waals surface area contributed by atoms with Crippen LogP contribution in [0, 0.1) is 0 Å². The molecule has 0 spiro atoms. The van der Waals surface area contributed by atoms with Gasteiger partial charge in [-0.2, -0.15) is 0 Å². The molecule has 2 N–H and O–H groups in total. The molecule has 2 unspecified atom stereocenters. The molecule has 2 atom stereocenters. The highest BCUT2D eigenvalue weighted by molar-refractivity contribution is 8.00. The number of anilines is 1. The number of nitrogens with one attached hydrogen (secondary N) is 2. The molecule has 0 aliphatic carbocycles. The average molecular weight is 376 g/mol. The van der Waals surface area contributed by atoms with Crippen LogP contribution in [-0.4, -0.2) is 17.1 Å². The normalized spacial score (nSPS) is 17.1. The maximum absolute atomic E-state index is 12.7. The fourth-order valence-electron chi connectivity index (χ4n) is 3.19. The lowest BCUT2D eigenvalue weighted by atomic mass is 10.0. The Labute approximate surface area is 162 Å². The summed E-state index contributed by atoms with van der Waals surface area (Å²) in [5.41, 5.74) is 2.30. The second kappa shape index (κ2) is 7.08. The summed E-state index contributed by atoms with van der Waals surface area (Å²) in [6.45, 7) is 3.84. The Kier molecular flexibility index (Phi) is 4.62. The van der Waals surface area contributed by atoms with Crippen LogP contribution in [0.2, 0.25) is 0 Å². The van der Waals surface area contributed by atoms with Crippen LogP contribution in [0.4, 0.5) is 5.69 Å². The van der Waals surface area contributed by atoms with Gasteiger partial charge in [-0.05, 0) is 54.4 Å². The van der Waals surface area contributed by atoms with Gasteiger partial charge in [-0.1, -0.05) is 36.4 Å². The highest BCUT2D eigenvalue weighted by Gasteiger charge is 2.24. The number of hydrogen-bond acceptors (Lipinski definition) is 3. The molecule has 0 radical (unpaired) electrons. The number of carbonyl (C=O) groups is 2. The minimum Gasteiger partial charge on any atom is -0.346 e. The maximum atomic E-state index is 12.7. The van der Waals surface area contributed by atoms with Gasteiger partial charge in [0.2, 0.25) is 5.91 Å². The second-order valence-electron chi connectivity index (χ2n) is 6.76. The highest BCUT2D eigenvalue weighted by Crippen LogP contribution is 2.36. The van der Waals surface area contributed by atoms with Crippen molar-refractivity contribution in [1.82, 2.24) is 5.32 Å². The first-order valence-corrected chi connectivity index (χ1v) is 9.80. The second-order valence-corrected chi connectivity index (χ2v) is 8.14. The van der Waals surface area contributed by atoms with Crippen molar-refractivity contribution >= 4 is 40.0 Å². The summed E-state index contributed by atoms with van der Waals surface area (Å²) in [5.74, 6) is -0.189. The Morgan fingerprint density at radius 2 is 1.85 bits per heavy atom. The standard InChI is InChI=1S/C22H20N2O2S/c1-13(16-8-7-15-5-3-4-6-17(15)11-16)23-22(26)18-9-10-20-19(12-18)24-21(25)14(2)27-20/h3-14H,1-2H3,(H,23,26)(H,24,25). The van der Waals surface area contributed by atoms with E-state index in [0.717, 1.165) is 15.8 Å². The Bertz CT molecular complexity index is 1050. The lowest BCUT2D eigenvalue weighted by Gasteiger charge is -2.22. The molecule has 3 aromatic carbocycles. The first kappa shape index (κ1) is 17.6. The molecular weight excluding hydrogens is 356 g/mol. The number of amides is 2. The number of rotatable bonds is 3. The van der Waals surface area contributed by atoms with Gasteiger partial charge in [-0.25, -0.2) is 0 Å². The van der Waals surface area contributed by atoms with Crippen LogP contribution < -0.4 is 10.6 Å². The number of carbonyl (C=O) groups excluding carboxylic acids is 2. The zero-order chi connectivity index (χ0) is 19.0. The van der Waals surface area contributed by atoms with E-state index >= 15 is 0 Å². The number of fused-ring (bicyclic) bond motifs is 2. The summed E-state index contributed by atoms with van der Waals surface area (Å²) in [6.07, 6.45) is 0. The SMILES string of the molecule is CC1Sc2ccc(C(=O)NC(C)c3ccc4ccccc4c3)cc2NC1=O. The predicted molar refractivity (Wildman–Crippen MR) is 110 cm³/mol. The molecule has 1 aliphatic heterocycles. The Morgan fingerprint density at radius 1 is 1.07 bits per heavy atom. The van der Waals surface area contributed by atoms with Crippen molar-refractivity contribution in [2.75, 3.05) is 5.32 Å². The molecule has 5 heteroatoms. The van der Waals surface area contributed by atoms with Crippen LogP contribution in [0.15, 0.2) is 65.6 Å². The van der Waals surface area contributed by atoms with Crippen molar-refractivity contribution < 1.29 is 9.59 Å². The number of hydrogen-bond donors (Lipinski definition) is 2. The summed E-state index contributed by atoms with van der Waals surface area (Å²) in [5, 5.41) is 8.12. The van der Waals surface area contributed by atoms with Crippen molar-refractivity contribution in [3.05, 3.63) is 71.8 Å². The van der Waals surface area contributed by atoms with Gasteiger partial charge in [-0.3, -0.25) is 9.59 Å². The van der Waals surface area contributed by atoms with Gasteiger partial charge in [0.1, 0.15) is 0 Å². The smallest absolute Gasteiger partial charge is 0.251 e. The minimum absolute atomic E-state index is 0.0328. The summed E-state index contributed by atoms with van der Waals surface area (Å²) < 4.78 is 0. The number of thioether (sulfide) groups is 1. The van der Waals surface area contributed by atoms with Crippen LogP contribution in [-0.2, 0) is 4.79 Å². The van der Waals surface area contributed by atoms with Gasteiger partial charge in [0.15, 0.2) is 0 Å². The monoisotopic (exact) mass is 376 g/mol. The van der Waals surface area contributed by atoms with E-state index in [1.807, 2.05) is 38.1 Å². The van der Waals surface area contributed by atoms with E-state index in [-0.39, 0.29) is 23.1 Å². The molecule has 2 amide bonds. The van der Waals surface area contributed by atoms with Crippen LogP contribution in [0.3, 0.4) is 0 Å². The third kappa shape index (κ3) is 3.55. The number of benzene rings is 3. The summed E-state index contributed by atoms with van der Waals surface area (Å²) >= 11 is 1.51. The molecule has 136 valence electrons. The maximum Gasteiger partial charge on any atom is 0.251 e. The van der Waals surface area contributed by atoms with E-state index in [0.29, 0.717) is 11.3 Å². The fourth-order valence-corrected chi connectivity index (χ4v) is 4.12. The zero-order valence-corrected chi connectivity index (χ0v) is 16.0. The van der Waals surface area contributed by atoms with Gasteiger partial charge in [0, 0.05) is 10.5 Å². The summed E-state index contributed by atoms with van der Waals surface area (Å²) in [7, 11) is 0. The highest BCUT2D eigenvalue weighted by atomic mass is 32.2. The van der Waals surface area contributed by atoms with E-state index in [1.54, 1.807) is 12.1 Å². The Morgan fingerprint density at radius 3 is 2.67 bits per heavy atom. The minimum atomic E-state index is -0.156. The zero-order valence-electron chi connectivity index (χ0n) is 15.2. The molecule has 0 saturated carbocycles. The fraction of sp³-hybridized carbons (Fsp3) is 0.182. The van der Waals surface area contributed by atoms with Gasteiger partial charge in [0.25, 0.3) is 5.91 Å². The van der Waals surface area contributed by atoms with E-state index < -0.39 is 0 Å². The topological polar surface area (TPSA) is 58.2 Å². The van der Waals surface area contributed by atoms with Gasteiger partial charge >= 0.3 is 0 Å². The van der Waals surface area contributed by atoms with Gasteiger partial charge in [-0.15, -0.1) is 11.8 Å². The first-order valence-electron chi connectivity index (χ1n) is 8.92. The van der Waals surface area contributed by atoms with Crippen molar-refractivity contribution in [2.45, 2.75) is 30.0 Å². The largest absolute Gasteiger partial charge is 0.346 e. The molecule has 27 heavy (non-hydrogen) atoms. The van der Waals surface area contributed by atoms with E-state index in [2.05, 4.69) is 34.9 Å². The molecule has 0 saturated heterocycles. The molecule has 4 nitrogen and oxygen atoms in total. The van der Waals surface area contributed by atoms with Crippen molar-refractivity contribution in [2.24, 2.45) is 0 Å². The molecule has 0 aromatic heterocycles. The Hall–Kier alpha value is -2.79. The van der Waals surface area contributed by atoms with Crippen molar-refractivity contribution in [3.63, 3.8) is 0 Å². The van der Waals surface area contributed by atoms with Crippen LogP contribution in [0.1, 0.15) is 35.8 Å². The quantitative estimate of drug-likeness (QED) is 0.693.